The molecule has 4 fully saturated rings. The molecule has 7 heteroatoms. The molecule has 0 saturated heterocycles. The van der Waals surface area contributed by atoms with Crippen molar-refractivity contribution < 1.29 is 19.0 Å². The summed E-state index contributed by atoms with van der Waals surface area (Å²) in [6.07, 6.45) is 11.3. The topological polar surface area (TPSA) is 75.5 Å². The summed E-state index contributed by atoms with van der Waals surface area (Å²) in [4.78, 5) is 13.9. The maximum Gasteiger partial charge on any atom is 0.190 e. The van der Waals surface area contributed by atoms with Crippen LogP contribution in [0.2, 0.25) is 0 Å². The standard InChI is InChI=1S/C31H45N3O4/c1-19-12-15-31(18-36-3)20(16-19)6-7-21-22-8-9-24(30(22,2)14-13-23(21)31)26(35)17-34-25-10-11-27(37-4)29(38-5)28(25)32-33-34/h10-11,19-24H,6-9,12-18H2,1-5H3/t19?,20?,21?,22?,23?,24-,30?,31?/m1/s1. The largest absolute Gasteiger partial charge is 0.493 e. The van der Waals surface area contributed by atoms with E-state index in [0.717, 1.165) is 48.6 Å². The van der Waals surface area contributed by atoms with Crippen molar-refractivity contribution in [2.75, 3.05) is 27.9 Å². The number of ether oxygens (including phenoxy) is 3. The summed E-state index contributed by atoms with van der Waals surface area (Å²) in [5.41, 5.74) is 1.88. The Labute approximate surface area is 227 Å². The van der Waals surface area contributed by atoms with Gasteiger partial charge in [0, 0.05) is 13.0 Å². The van der Waals surface area contributed by atoms with Gasteiger partial charge < -0.3 is 14.2 Å². The first kappa shape index (κ1) is 26.1. The van der Waals surface area contributed by atoms with E-state index in [1.54, 1.807) is 18.9 Å². The van der Waals surface area contributed by atoms with Crippen molar-refractivity contribution in [2.45, 2.75) is 78.2 Å². The van der Waals surface area contributed by atoms with Crippen LogP contribution in [0.3, 0.4) is 0 Å². The second-order valence-corrected chi connectivity index (χ2v) is 13.3. The van der Waals surface area contributed by atoms with Crippen molar-refractivity contribution in [3.8, 4) is 11.5 Å². The maximum atomic E-state index is 13.9. The number of carbonyl (C=O) groups is 1. The molecule has 0 bridgehead atoms. The molecule has 7 nitrogen and oxygen atoms in total. The highest BCUT2D eigenvalue weighted by Crippen LogP contribution is 2.68. The predicted molar refractivity (Wildman–Crippen MR) is 146 cm³/mol. The normalized spacial score (nSPS) is 38.3. The number of methoxy groups -OCH3 is 3. The lowest BCUT2D eigenvalue weighted by Crippen LogP contribution is -2.56. The van der Waals surface area contributed by atoms with Crippen LogP contribution in [-0.2, 0) is 16.1 Å². The van der Waals surface area contributed by atoms with E-state index < -0.39 is 0 Å². The predicted octanol–water partition coefficient (Wildman–Crippen LogP) is 5.94. The van der Waals surface area contributed by atoms with Gasteiger partial charge in [0.15, 0.2) is 22.8 Å². The number of fused-ring (bicyclic) bond motifs is 6. The molecule has 1 aromatic carbocycles. The van der Waals surface area contributed by atoms with Crippen molar-refractivity contribution in [1.82, 2.24) is 15.0 Å². The van der Waals surface area contributed by atoms with E-state index in [2.05, 4.69) is 24.2 Å². The van der Waals surface area contributed by atoms with E-state index in [-0.39, 0.29) is 17.9 Å². The molecule has 1 aromatic heterocycles. The van der Waals surface area contributed by atoms with Crippen LogP contribution in [0.5, 0.6) is 11.5 Å². The van der Waals surface area contributed by atoms with Gasteiger partial charge in [0.2, 0.25) is 0 Å². The fourth-order valence-electron chi connectivity index (χ4n) is 10.1. The molecule has 208 valence electrons. The molecule has 4 saturated carbocycles. The van der Waals surface area contributed by atoms with Gasteiger partial charge in [-0.15, -0.1) is 5.10 Å². The Hall–Kier alpha value is -2.15. The van der Waals surface area contributed by atoms with E-state index >= 15 is 0 Å². The Balaban J connectivity index is 1.23. The van der Waals surface area contributed by atoms with Crippen molar-refractivity contribution >= 4 is 16.8 Å². The lowest BCUT2D eigenvalue weighted by Gasteiger charge is -2.61. The van der Waals surface area contributed by atoms with Crippen LogP contribution in [-0.4, -0.2) is 48.7 Å². The number of benzene rings is 1. The van der Waals surface area contributed by atoms with Gasteiger partial charge >= 0.3 is 0 Å². The molecule has 1 heterocycles. The van der Waals surface area contributed by atoms with E-state index in [0.29, 0.717) is 34.1 Å². The van der Waals surface area contributed by atoms with E-state index in [1.165, 1.54) is 44.9 Å². The number of rotatable bonds is 7. The molecule has 0 spiro atoms. The smallest absolute Gasteiger partial charge is 0.190 e. The van der Waals surface area contributed by atoms with Crippen LogP contribution in [0.15, 0.2) is 12.1 Å². The van der Waals surface area contributed by atoms with Gasteiger partial charge in [0.05, 0.1) is 26.3 Å². The number of hydrogen-bond acceptors (Lipinski definition) is 6. The number of hydrogen-bond donors (Lipinski definition) is 0. The highest BCUT2D eigenvalue weighted by molar-refractivity contribution is 5.87. The average Bonchev–Trinajstić information content (AvgIpc) is 3.49. The first-order valence-electron chi connectivity index (χ1n) is 14.8. The van der Waals surface area contributed by atoms with Crippen molar-refractivity contribution in [3.63, 3.8) is 0 Å². The lowest BCUT2D eigenvalue weighted by molar-refractivity contribution is -0.154. The Morgan fingerprint density at radius 1 is 1.03 bits per heavy atom. The third-order valence-corrected chi connectivity index (χ3v) is 11.8. The zero-order chi connectivity index (χ0) is 26.7. The third-order valence-electron chi connectivity index (χ3n) is 11.8. The van der Waals surface area contributed by atoms with Crippen LogP contribution in [0.4, 0.5) is 0 Å². The molecule has 38 heavy (non-hydrogen) atoms. The minimum atomic E-state index is 0.0819. The van der Waals surface area contributed by atoms with Crippen LogP contribution >= 0.6 is 0 Å². The summed E-state index contributed by atoms with van der Waals surface area (Å²) in [7, 11) is 5.13. The van der Waals surface area contributed by atoms with Crippen molar-refractivity contribution in [1.29, 1.82) is 0 Å². The first-order valence-corrected chi connectivity index (χ1v) is 14.8. The lowest BCUT2D eigenvalue weighted by atomic mass is 9.44. The summed E-state index contributed by atoms with van der Waals surface area (Å²) in [5.74, 6) is 5.36. The number of aromatic nitrogens is 3. The molecule has 2 aromatic rings. The average molecular weight is 524 g/mol. The number of carbonyl (C=O) groups excluding carboxylic acids is 1. The summed E-state index contributed by atoms with van der Waals surface area (Å²) in [5, 5.41) is 8.70. The van der Waals surface area contributed by atoms with Gasteiger partial charge in [0.1, 0.15) is 6.54 Å². The Morgan fingerprint density at radius 3 is 2.63 bits per heavy atom. The molecular formula is C31H45N3O4. The summed E-state index contributed by atoms with van der Waals surface area (Å²) in [6, 6.07) is 3.78. The third kappa shape index (κ3) is 3.82. The number of nitrogens with zero attached hydrogens (tertiary/aromatic N) is 3. The van der Waals surface area contributed by atoms with Gasteiger partial charge in [-0.1, -0.05) is 25.5 Å². The summed E-state index contributed by atoms with van der Waals surface area (Å²) < 4.78 is 18.7. The monoisotopic (exact) mass is 523 g/mol. The SMILES string of the molecule is COCC12CCC(C)CC1CCC1C2CCC2(C)C1CC[C@@H]2C(=O)Cn1nnc2c(OC)c(OC)ccc21. The van der Waals surface area contributed by atoms with E-state index in [1.807, 2.05) is 19.2 Å². The molecule has 0 amide bonds. The molecule has 6 rings (SSSR count). The first-order chi connectivity index (χ1) is 18.4. The minimum absolute atomic E-state index is 0.0819. The highest BCUT2D eigenvalue weighted by Gasteiger charge is 2.62. The maximum absolute atomic E-state index is 13.9. The molecular weight excluding hydrogens is 478 g/mol. The van der Waals surface area contributed by atoms with Crippen LogP contribution in [0.25, 0.3) is 11.0 Å². The van der Waals surface area contributed by atoms with Gasteiger partial charge in [-0.3, -0.25) is 4.79 Å². The van der Waals surface area contributed by atoms with Crippen molar-refractivity contribution in [3.05, 3.63) is 12.1 Å². The molecule has 0 radical (unpaired) electrons. The van der Waals surface area contributed by atoms with Gasteiger partial charge in [0.25, 0.3) is 0 Å². The Kier molecular flexibility index (Phi) is 6.73. The van der Waals surface area contributed by atoms with Gasteiger partial charge in [-0.05, 0) is 104 Å². The van der Waals surface area contributed by atoms with E-state index in [4.69, 9.17) is 14.2 Å². The number of ketones is 1. The van der Waals surface area contributed by atoms with E-state index in [9.17, 15) is 4.79 Å². The van der Waals surface area contributed by atoms with Gasteiger partial charge in [-0.2, -0.15) is 0 Å². The second kappa shape index (κ2) is 9.79. The molecule has 0 N–H and O–H groups in total. The number of Topliss-reactive ketones (excluding diaryl/α,β-unsaturated/α-hetero) is 1. The fourth-order valence-corrected chi connectivity index (χ4v) is 10.1. The summed E-state index contributed by atoms with van der Waals surface area (Å²) in [6.45, 7) is 6.07. The second-order valence-electron chi connectivity index (χ2n) is 13.3. The molecule has 8 atom stereocenters. The zero-order valence-electron chi connectivity index (χ0n) is 23.9. The van der Waals surface area contributed by atoms with Gasteiger partial charge in [-0.25, -0.2) is 4.68 Å². The highest BCUT2D eigenvalue weighted by atomic mass is 16.5. The summed E-state index contributed by atoms with van der Waals surface area (Å²) >= 11 is 0. The van der Waals surface area contributed by atoms with Crippen molar-refractivity contribution in [2.24, 2.45) is 46.3 Å². The quantitative estimate of drug-likeness (QED) is 0.447. The Morgan fingerprint density at radius 2 is 1.87 bits per heavy atom. The minimum Gasteiger partial charge on any atom is -0.493 e. The molecule has 7 unspecified atom stereocenters. The van der Waals surface area contributed by atoms with Crippen LogP contribution in [0, 0.1) is 46.3 Å². The molecule has 4 aliphatic carbocycles. The molecule has 0 aliphatic heterocycles. The fraction of sp³-hybridized carbons (Fsp3) is 0.774. The van der Waals surface area contributed by atoms with Crippen LogP contribution < -0.4 is 9.47 Å². The zero-order valence-corrected chi connectivity index (χ0v) is 23.9. The van der Waals surface area contributed by atoms with Crippen LogP contribution in [0.1, 0.15) is 71.6 Å². The Bertz CT molecular complexity index is 1200. The molecule has 4 aliphatic rings.